The highest BCUT2D eigenvalue weighted by molar-refractivity contribution is 7.21. The summed E-state index contributed by atoms with van der Waals surface area (Å²) in [6, 6.07) is 14.6. The number of benzene rings is 2. The van der Waals surface area contributed by atoms with Gasteiger partial charge in [0.05, 0.1) is 20.8 Å². The number of thiazole rings is 1. The van der Waals surface area contributed by atoms with Crippen LogP contribution >= 0.6 is 11.3 Å². The van der Waals surface area contributed by atoms with Crippen LogP contribution in [0.3, 0.4) is 0 Å². The van der Waals surface area contributed by atoms with E-state index in [0.29, 0.717) is 59.4 Å². The summed E-state index contributed by atoms with van der Waals surface area (Å²) < 4.78 is 27.7. The van der Waals surface area contributed by atoms with Gasteiger partial charge in [-0.1, -0.05) is 41.7 Å². The van der Waals surface area contributed by atoms with Crippen LogP contribution in [0.5, 0.6) is 11.5 Å². The fourth-order valence-corrected chi connectivity index (χ4v) is 6.17. The van der Waals surface area contributed by atoms with E-state index in [2.05, 4.69) is 15.3 Å². The van der Waals surface area contributed by atoms with Crippen molar-refractivity contribution in [3.05, 3.63) is 75.8 Å². The van der Waals surface area contributed by atoms with Crippen LogP contribution in [-0.2, 0) is 23.6 Å². The van der Waals surface area contributed by atoms with Crippen LogP contribution in [0.25, 0.3) is 10.3 Å². The number of hydrogen-bond donors (Lipinski definition) is 1. The van der Waals surface area contributed by atoms with Crippen LogP contribution in [0, 0.1) is 0 Å². The number of anilines is 1. The number of carbonyl (C=O) groups is 1. The fraction of sp³-hybridized carbons (Fsp3) is 0.379. The number of ether oxygens (including phenoxy) is 2. The number of methoxy groups -OCH3 is 2. The maximum Gasteiger partial charge on any atom is 0.281 e. The maximum atomic E-state index is 15.6. The van der Waals surface area contributed by atoms with Gasteiger partial charge in [0.2, 0.25) is 5.91 Å². The molecule has 0 bridgehead atoms. The van der Waals surface area contributed by atoms with E-state index in [4.69, 9.17) is 9.47 Å². The van der Waals surface area contributed by atoms with Crippen LogP contribution < -0.4 is 25.2 Å². The van der Waals surface area contributed by atoms with Gasteiger partial charge in [-0.2, -0.15) is 0 Å². The van der Waals surface area contributed by atoms with E-state index in [1.807, 2.05) is 35.2 Å². The summed E-state index contributed by atoms with van der Waals surface area (Å²) in [5, 5.41) is 3.57. The van der Waals surface area contributed by atoms with Crippen molar-refractivity contribution < 1.29 is 18.7 Å². The smallest absolute Gasteiger partial charge is 0.281 e. The quantitative estimate of drug-likeness (QED) is 0.327. The van der Waals surface area contributed by atoms with Gasteiger partial charge in [-0.15, -0.1) is 0 Å². The first-order valence-corrected chi connectivity index (χ1v) is 14.1. The molecule has 0 radical (unpaired) electrons. The average molecular weight is 564 g/mol. The van der Waals surface area contributed by atoms with Gasteiger partial charge in [0.1, 0.15) is 17.5 Å². The number of halogens is 1. The van der Waals surface area contributed by atoms with E-state index in [0.717, 1.165) is 12.0 Å². The Morgan fingerprint density at radius 2 is 1.95 bits per heavy atom. The second-order valence-corrected chi connectivity index (χ2v) is 11.1. The third-order valence-electron chi connectivity index (χ3n) is 7.53. The molecule has 1 amide bonds. The number of carbonyl (C=O) groups excluding carboxylic acids is 1. The highest BCUT2D eigenvalue weighted by Crippen LogP contribution is 2.49. The lowest BCUT2D eigenvalue weighted by Crippen LogP contribution is -2.43. The topological polar surface area (TPSA) is 98.6 Å². The van der Waals surface area contributed by atoms with Crippen molar-refractivity contribution in [1.29, 1.82) is 0 Å². The summed E-state index contributed by atoms with van der Waals surface area (Å²) in [5.74, 6) is 1.17. The number of hydrogen-bond acceptors (Lipinski definition) is 8. The van der Waals surface area contributed by atoms with Crippen molar-refractivity contribution in [2.24, 2.45) is 0 Å². The zero-order chi connectivity index (χ0) is 27.9. The van der Waals surface area contributed by atoms with Gasteiger partial charge in [0.25, 0.3) is 5.56 Å². The third-order valence-corrected chi connectivity index (χ3v) is 8.52. The number of nitrogens with zero attached hydrogens (tertiary/aromatic N) is 4. The van der Waals surface area contributed by atoms with Crippen molar-refractivity contribution >= 4 is 32.7 Å². The summed E-state index contributed by atoms with van der Waals surface area (Å²) in [6.07, 6.45) is 2.13. The Morgan fingerprint density at radius 1 is 1.15 bits per heavy atom. The monoisotopic (exact) mass is 563 g/mol. The molecule has 1 saturated carbocycles. The van der Waals surface area contributed by atoms with Crippen molar-refractivity contribution in [2.45, 2.75) is 50.5 Å². The van der Waals surface area contributed by atoms with E-state index in [1.54, 1.807) is 25.3 Å². The Hall–Kier alpha value is -3.99. The van der Waals surface area contributed by atoms with E-state index in [-0.39, 0.29) is 23.8 Å². The predicted octanol–water partition coefficient (Wildman–Crippen LogP) is 4.16. The highest BCUT2D eigenvalue weighted by atomic mass is 32.1. The van der Waals surface area contributed by atoms with Gasteiger partial charge in [-0.05, 0) is 43.4 Å². The summed E-state index contributed by atoms with van der Waals surface area (Å²) >= 11 is 1.23. The zero-order valence-electron chi connectivity index (χ0n) is 22.4. The molecular weight excluding hydrogens is 533 g/mol. The minimum absolute atomic E-state index is 0.0804. The molecule has 208 valence electrons. The minimum atomic E-state index is -1.65. The van der Waals surface area contributed by atoms with Crippen LogP contribution in [0.4, 0.5) is 9.52 Å². The van der Waals surface area contributed by atoms with Crippen LogP contribution in [0.1, 0.15) is 42.6 Å². The highest BCUT2D eigenvalue weighted by Gasteiger charge is 2.49. The Kier molecular flexibility index (Phi) is 6.91. The lowest BCUT2D eigenvalue weighted by molar-refractivity contribution is -0.122. The molecule has 0 spiro atoms. The van der Waals surface area contributed by atoms with E-state index < -0.39 is 17.3 Å². The maximum absolute atomic E-state index is 15.6. The number of fused-ring (bicyclic) bond motifs is 1. The molecule has 6 rings (SSSR count). The molecule has 11 heteroatoms. The van der Waals surface area contributed by atoms with Gasteiger partial charge in [-0.3, -0.25) is 14.2 Å². The minimum Gasteiger partial charge on any atom is -0.497 e. The van der Waals surface area contributed by atoms with Gasteiger partial charge < -0.3 is 19.7 Å². The SMILES string of the molecule is COc1ccc(Cn2c(C3(F)CC3)nc3sc(N4CCCC4C(=O)NCc4ccccc4)nc3c2=O)c(OC)c1. The second kappa shape index (κ2) is 10.5. The predicted molar refractivity (Wildman–Crippen MR) is 151 cm³/mol. The second-order valence-electron chi connectivity index (χ2n) is 10.2. The van der Waals surface area contributed by atoms with Crippen LogP contribution in [-0.4, -0.2) is 47.2 Å². The first-order valence-electron chi connectivity index (χ1n) is 13.3. The van der Waals surface area contributed by atoms with E-state index >= 15 is 4.39 Å². The molecule has 2 aromatic carbocycles. The van der Waals surface area contributed by atoms with Crippen LogP contribution in [0.2, 0.25) is 0 Å². The van der Waals surface area contributed by atoms with Crippen molar-refractivity contribution in [3.63, 3.8) is 0 Å². The van der Waals surface area contributed by atoms with Gasteiger partial charge in [-0.25, -0.2) is 14.4 Å². The Balaban J connectivity index is 1.33. The normalized spacial score (nSPS) is 17.7. The van der Waals surface area contributed by atoms with Gasteiger partial charge >= 0.3 is 0 Å². The molecule has 2 fully saturated rings. The number of rotatable bonds is 9. The lowest BCUT2D eigenvalue weighted by Gasteiger charge is -2.23. The summed E-state index contributed by atoms with van der Waals surface area (Å²) in [6.45, 7) is 1.16. The average Bonchev–Trinajstić information content (AvgIpc) is 3.36. The molecule has 1 aliphatic heterocycles. The molecule has 2 aromatic heterocycles. The van der Waals surface area contributed by atoms with E-state index in [1.165, 1.54) is 23.0 Å². The number of nitrogens with one attached hydrogen (secondary N) is 1. The molecule has 1 N–H and O–H groups in total. The van der Waals surface area contributed by atoms with Crippen LogP contribution in [0.15, 0.2) is 53.3 Å². The van der Waals surface area contributed by atoms with Gasteiger partial charge in [0, 0.05) is 24.7 Å². The van der Waals surface area contributed by atoms with Gasteiger partial charge in [0.15, 0.2) is 27.0 Å². The molecule has 1 unspecified atom stereocenters. The number of alkyl halides is 1. The Labute approximate surface area is 234 Å². The molecule has 2 aliphatic rings. The summed E-state index contributed by atoms with van der Waals surface area (Å²) in [4.78, 5) is 38.5. The Bertz CT molecular complexity index is 1620. The molecule has 1 saturated heterocycles. The lowest BCUT2D eigenvalue weighted by atomic mass is 10.1. The molecular formula is C29H30FN5O4S. The summed E-state index contributed by atoms with van der Waals surface area (Å²) in [5.41, 5.74) is -0.164. The first kappa shape index (κ1) is 26.2. The fourth-order valence-electron chi connectivity index (χ4n) is 5.17. The Morgan fingerprint density at radius 3 is 2.67 bits per heavy atom. The van der Waals surface area contributed by atoms with Crippen molar-refractivity contribution in [1.82, 2.24) is 19.9 Å². The number of aromatic nitrogens is 3. The van der Waals surface area contributed by atoms with Crippen molar-refractivity contribution in [2.75, 3.05) is 25.7 Å². The third kappa shape index (κ3) is 4.90. The summed E-state index contributed by atoms with van der Waals surface area (Å²) in [7, 11) is 3.10. The zero-order valence-corrected chi connectivity index (χ0v) is 23.2. The standard InChI is InChI=1S/C29H30FN5O4S/c1-38-20-11-10-19(22(15-20)39-2)17-35-26(37)23-25(33-27(35)29(30)12-13-29)40-28(32-23)34-14-6-9-21(34)24(36)31-16-18-7-4-3-5-8-18/h3-5,7-8,10-11,15,21H,6,9,12-14,16-17H2,1-2H3,(H,31,36). The number of amides is 1. The molecule has 1 atom stereocenters. The van der Waals surface area contributed by atoms with Crippen molar-refractivity contribution in [3.8, 4) is 11.5 Å². The largest absolute Gasteiger partial charge is 0.497 e. The molecule has 1 aliphatic carbocycles. The molecule has 40 heavy (non-hydrogen) atoms. The van der Waals surface area contributed by atoms with E-state index in [9.17, 15) is 9.59 Å². The molecule has 3 heterocycles. The molecule has 9 nitrogen and oxygen atoms in total. The first-order chi connectivity index (χ1) is 19.4. The molecule has 4 aromatic rings.